The van der Waals surface area contributed by atoms with E-state index in [0.717, 1.165) is 38.0 Å². The van der Waals surface area contributed by atoms with E-state index in [1.165, 1.54) is 5.56 Å². The Hall–Kier alpha value is -2.62. The molecule has 0 unspecified atom stereocenters. The van der Waals surface area contributed by atoms with Crippen molar-refractivity contribution >= 4 is 17.5 Å². The van der Waals surface area contributed by atoms with Gasteiger partial charge in [0.15, 0.2) is 0 Å². The van der Waals surface area contributed by atoms with Gasteiger partial charge < -0.3 is 10.2 Å². The fraction of sp³-hybridized carbons (Fsp3) is 0.333. The molecule has 130 valence electrons. The van der Waals surface area contributed by atoms with Crippen LogP contribution in [-0.2, 0) is 16.0 Å². The summed E-state index contributed by atoms with van der Waals surface area (Å²) < 4.78 is 0. The molecule has 3 rings (SSSR count). The summed E-state index contributed by atoms with van der Waals surface area (Å²) in [6.07, 6.45) is 2.98. The summed E-state index contributed by atoms with van der Waals surface area (Å²) in [5, 5.41) is 2.77. The third-order valence-corrected chi connectivity index (χ3v) is 4.70. The average Bonchev–Trinajstić information content (AvgIpc) is 2.64. The molecule has 0 bridgehead atoms. The molecule has 1 N–H and O–H groups in total. The van der Waals surface area contributed by atoms with Crippen LogP contribution < -0.4 is 5.32 Å². The molecule has 2 aromatic carbocycles. The van der Waals surface area contributed by atoms with Gasteiger partial charge in [-0.15, -0.1) is 0 Å². The summed E-state index contributed by atoms with van der Waals surface area (Å²) in [7, 11) is 0. The Morgan fingerprint density at radius 2 is 1.52 bits per heavy atom. The summed E-state index contributed by atoms with van der Waals surface area (Å²) >= 11 is 0. The summed E-state index contributed by atoms with van der Waals surface area (Å²) in [5.74, 6) is 0.291. The number of likely N-dealkylation sites (tertiary alicyclic amines) is 1. The highest BCUT2D eigenvalue weighted by Gasteiger charge is 2.24. The first-order chi connectivity index (χ1) is 12.2. The van der Waals surface area contributed by atoms with Gasteiger partial charge in [0.2, 0.25) is 11.8 Å². The zero-order chi connectivity index (χ0) is 17.5. The van der Waals surface area contributed by atoms with E-state index in [1.807, 2.05) is 41.3 Å². The van der Waals surface area contributed by atoms with E-state index in [9.17, 15) is 9.59 Å². The highest BCUT2D eigenvalue weighted by molar-refractivity contribution is 6.03. The topological polar surface area (TPSA) is 49.4 Å². The van der Waals surface area contributed by atoms with Gasteiger partial charge in [0.1, 0.15) is 6.42 Å². The van der Waals surface area contributed by atoms with E-state index < -0.39 is 0 Å². The predicted octanol–water partition coefficient (Wildman–Crippen LogP) is 3.50. The molecule has 2 aromatic rings. The number of piperidine rings is 1. The number of anilines is 1. The van der Waals surface area contributed by atoms with Crippen molar-refractivity contribution in [2.24, 2.45) is 5.92 Å². The van der Waals surface area contributed by atoms with Crippen molar-refractivity contribution in [3.8, 4) is 0 Å². The maximum Gasteiger partial charge on any atom is 0.233 e. The summed E-state index contributed by atoms with van der Waals surface area (Å²) in [5.41, 5.74) is 2.08. The van der Waals surface area contributed by atoms with Crippen molar-refractivity contribution in [3.05, 3.63) is 66.2 Å². The van der Waals surface area contributed by atoms with Gasteiger partial charge in [-0.05, 0) is 42.9 Å². The van der Waals surface area contributed by atoms with Crippen LogP contribution >= 0.6 is 0 Å². The number of para-hydroxylation sites is 1. The minimum atomic E-state index is -0.248. The fourth-order valence-electron chi connectivity index (χ4n) is 3.31. The van der Waals surface area contributed by atoms with Gasteiger partial charge >= 0.3 is 0 Å². The first-order valence-electron chi connectivity index (χ1n) is 8.87. The minimum Gasteiger partial charge on any atom is -0.342 e. The maximum atomic E-state index is 12.3. The van der Waals surface area contributed by atoms with E-state index in [-0.39, 0.29) is 18.2 Å². The van der Waals surface area contributed by atoms with Crippen LogP contribution in [0.2, 0.25) is 0 Å². The molecule has 1 heterocycles. The Morgan fingerprint density at radius 1 is 0.920 bits per heavy atom. The normalized spacial score (nSPS) is 15.0. The van der Waals surface area contributed by atoms with Gasteiger partial charge in [-0.25, -0.2) is 0 Å². The first kappa shape index (κ1) is 17.2. The SMILES string of the molecule is O=C(CC(=O)N1CCC(Cc2ccccc2)CC1)Nc1ccccc1. The minimum absolute atomic E-state index is 0.0772. The smallest absolute Gasteiger partial charge is 0.233 e. The standard InChI is InChI=1S/C21H24N2O2/c24-20(22-19-9-5-2-6-10-19)16-21(25)23-13-11-18(12-14-23)15-17-7-3-1-4-8-17/h1-10,18H,11-16H2,(H,22,24). The van der Waals surface area contributed by atoms with Crippen LogP contribution in [0.1, 0.15) is 24.8 Å². The van der Waals surface area contributed by atoms with Crippen molar-refractivity contribution in [1.82, 2.24) is 4.90 Å². The van der Waals surface area contributed by atoms with Gasteiger partial charge in [-0.1, -0.05) is 48.5 Å². The molecule has 4 nitrogen and oxygen atoms in total. The van der Waals surface area contributed by atoms with E-state index in [2.05, 4.69) is 29.6 Å². The number of benzene rings is 2. The van der Waals surface area contributed by atoms with E-state index >= 15 is 0 Å². The molecule has 1 saturated heterocycles. The summed E-state index contributed by atoms with van der Waals surface area (Å²) in [6.45, 7) is 1.49. The van der Waals surface area contributed by atoms with Crippen LogP contribution in [0.5, 0.6) is 0 Å². The van der Waals surface area contributed by atoms with Crippen LogP contribution in [0.15, 0.2) is 60.7 Å². The number of amides is 2. The Bertz CT molecular complexity index is 692. The highest BCUT2D eigenvalue weighted by atomic mass is 16.2. The molecular weight excluding hydrogens is 312 g/mol. The number of hydrogen-bond donors (Lipinski definition) is 1. The van der Waals surface area contributed by atoms with Gasteiger partial charge in [-0.2, -0.15) is 0 Å². The number of carbonyl (C=O) groups excluding carboxylic acids is 2. The Morgan fingerprint density at radius 3 is 2.16 bits per heavy atom. The molecule has 0 atom stereocenters. The average molecular weight is 336 g/mol. The van der Waals surface area contributed by atoms with Crippen LogP contribution in [0.25, 0.3) is 0 Å². The third kappa shape index (κ3) is 5.18. The number of carbonyl (C=O) groups is 2. The molecule has 4 heteroatoms. The Kier molecular flexibility index (Phi) is 5.83. The van der Waals surface area contributed by atoms with Crippen LogP contribution in [0.3, 0.4) is 0 Å². The van der Waals surface area contributed by atoms with Gasteiger partial charge in [0.25, 0.3) is 0 Å². The number of hydrogen-bond acceptors (Lipinski definition) is 2. The number of nitrogens with zero attached hydrogens (tertiary/aromatic N) is 1. The second kappa shape index (κ2) is 8.47. The molecule has 25 heavy (non-hydrogen) atoms. The zero-order valence-electron chi connectivity index (χ0n) is 14.4. The van der Waals surface area contributed by atoms with Gasteiger partial charge in [0, 0.05) is 18.8 Å². The zero-order valence-corrected chi connectivity index (χ0v) is 14.4. The number of nitrogens with one attached hydrogen (secondary N) is 1. The van der Waals surface area contributed by atoms with Crippen molar-refractivity contribution in [3.63, 3.8) is 0 Å². The monoisotopic (exact) mass is 336 g/mol. The molecule has 0 radical (unpaired) electrons. The lowest BCUT2D eigenvalue weighted by Gasteiger charge is -2.32. The summed E-state index contributed by atoms with van der Waals surface area (Å²) in [4.78, 5) is 26.2. The molecule has 2 amide bonds. The second-order valence-corrected chi connectivity index (χ2v) is 6.60. The quantitative estimate of drug-likeness (QED) is 0.850. The molecule has 0 saturated carbocycles. The highest BCUT2D eigenvalue weighted by Crippen LogP contribution is 2.22. The Labute approximate surface area is 148 Å². The lowest BCUT2D eigenvalue weighted by molar-refractivity contribution is -0.135. The molecule has 0 aromatic heterocycles. The van der Waals surface area contributed by atoms with Crippen molar-refractivity contribution in [2.45, 2.75) is 25.7 Å². The van der Waals surface area contributed by atoms with Crippen molar-refractivity contribution in [2.75, 3.05) is 18.4 Å². The maximum absolute atomic E-state index is 12.3. The van der Waals surface area contributed by atoms with Gasteiger partial charge in [0.05, 0.1) is 0 Å². The number of rotatable bonds is 5. The molecule has 1 aliphatic rings. The van der Waals surface area contributed by atoms with Crippen LogP contribution in [-0.4, -0.2) is 29.8 Å². The van der Waals surface area contributed by atoms with Gasteiger partial charge in [-0.3, -0.25) is 9.59 Å². The van der Waals surface area contributed by atoms with Crippen molar-refractivity contribution in [1.29, 1.82) is 0 Å². The molecule has 1 fully saturated rings. The van der Waals surface area contributed by atoms with Crippen LogP contribution in [0, 0.1) is 5.92 Å². The Balaban J connectivity index is 1.43. The molecule has 1 aliphatic heterocycles. The fourth-order valence-corrected chi connectivity index (χ4v) is 3.31. The molecular formula is C21H24N2O2. The lowest BCUT2D eigenvalue weighted by Crippen LogP contribution is -2.40. The van der Waals surface area contributed by atoms with E-state index in [0.29, 0.717) is 5.92 Å². The largest absolute Gasteiger partial charge is 0.342 e. The predicted molar refractivity (Wildman–Crippen MR) is 99.1 cm³/mol. The summed E-state index contributed by atoms with van der Waals surface area (Å²) in [6, 6.07) is 19.7. The third-order valence-electron chi connectivity index (χ3n) is 4.70. The first-order valence-corrected chi connectivity index (χ1v) is 8.87. The van der Waals surface area contributed by atoms with Crippen LogP contribution in [0.4, 0.5) is 5.69 Å². The molecule has 0 spiro atoms. The van der Waals surface area contributed by atoms with Crippen molar-refractivity contribution < 1.29 is 9.59 Å². The van der Waals surface area contributed by atoms with E-state index in [1.54, 1.807) is 0 Å². The molecule has 0 aliphatic carbocycles. The lowest BCUT2D eigenvalue weighted by atomic mass is 9.90. The second-order valence-electron chi connectivity index (χ2n) is 6.60. The van der Waals surface area contributed by atoms with E-state index in [4.69, 9.17) is 0 Å².